The molecule has 1 aromatic carbocycles. The molecular formula is C19H23NO5S3. The van der Waals surface area contributed by atoms with Crippen LogP contribution in [0.25, 0.3) is 6.08 Å². The van der Waals surface area contributed by atoms with Gasteiger partial charge in [-0.05, 0) is 36.6 Å². The zero-order valence-corrected chi connectivity index (χ0v) is 18.3. The molecule has 0 radical (unpaired) electrons. The Morgan fingerprint density at radius 1 is 1.36 bits per heavy atom. The predicted molar refractivity (Wildman–Crippen MR) is 115 cm³/mol. The maximum absolute atomic E-state index is 12.8. The largest absolute Gasteiger partial charge is 0.493 e. The van der Waals surface area contributed by atoms with Crippen molar-refractivity contribution in [2.75, 3.05) is 25.2 Å². The second-order valence-corrected chi connectivity index (χ2v) is 10.6. The molecule has 2 saturated heterocycles. The standard InChI is InChI=1S/C19H23NO5S3/c1-3-4-8-25-15-6-5-13(10-16(15)24-2)11-17-18(21)20(19(26)27-17)14-7-9-28(22,23)12-14/h5-6,10-11,14H,3-4,7-9,12H2,1-2H3/b17-11-. The molecule has 6 nitrogen and oxygen atoms in total. The third-order valence-corrected chi connectivity index (χ3v) is 7.72. The monoisotopic (exact) mass is 441 g/mol. The van der Waals surface area contributed by atoms with Crippen LogP contribution in [0.2, 0.25) is 0 Å². The van der Waals surface area contributed by atoms with Gasteiger partial charge in [-0.15, -0.1) is 0 Å². The molecule has 3 rings (SSSR count). The molecule has 1 aromatic rings. The van der Waals surface area contributed by atoms with E-state index in [0.29, 0.717) is 33.8 Å². The molecule has 0 N–H and O–H groups in total. The average Bonchev–Trinajstić information content (AvgIpc) is 3.14. The van der Waals surface area contributed by atoms with Gasteiger partial charge in [0.2, 0.25) is 0 Å². The van der Waals surface area contributed by atoms with Gasteiger partial charge in [-0.25, -0.2) is 8.42 Å². The Bertz CT molecular complexity index is 910. The van der Waals surface area contributed by atoms with Crippen molar-refractivity contribution in [2.24, 2.45) is 0 Å². The highest BCUT2D eigenvalue weighted by atomic mass is 32.2. The van der Waals surface area contributed by atoms with E-state index in [2.05, 4.69) is 6.92 Å². The molecule has 0 spiro atoms. The van der Waals surface area contributed by atoms with Crippen molar-refractivity contribution in [1.29, 1.82) is 0 Å². The number of carbonyl (C=O) groups is 1. The number of benzene rings is 1. The van der Waals surface area contributed by atoms with E-state index in [9.17, 15) is 13.2 Å². The van der Waals surface area contributed by atoms with E-state index in [1.807, 2.05) is 18.2 Å². The maximum atomic E-state index is 12.8. The summed E-state index contributed by atoms with van der Waals surface area (Å²) in [7, 11) is -1.52. The highest BCUT2D eigenvalue weighted by molar-refractivity contribution is 8.26. The molecule has 9 heteroatoms. The van der Waals surface area contributed by atoms with Gasteiger partial charge < -0.3 is 9.47 Å². The summed E-state index contributed by atoms with van der Waals surface area (Å²) < 4.78 is 35.0. The summed E-state index contributed by atoms with van der Waals surface area (Å²) in [6.45, 7) is 2.72. The highest BCUT2D eigenvalue weighted by Gasteiger charge is 2.42. The third-order valence-electron chi connectivity index (χ3n) is 4.64. The summed E-state index contributed by atoms with van der Waals surface area (Å²) in [6.07, 6.45) is 4.19. The number of hydrogen-bond acceptors (Lipinski definition) is 7. The van der Waals surface area contributed by atoms with E-state index in [0.717, 1.165) is 18.4 Å². The number of ether oxygens (including phenoxy) is 2. The summed E-state index contributed by atoms with van der Waals surface area (Å²) in [5, 5.41) is 0. The van der Waals surface area contributed by atoms with Crippen molar-refractivity contribution < 1.29 is 22.7 Å². The molecule has 0 aliphatic carbocycles. The number of nitrogens with zero attached hydrogens (tertiary/aromatic N) is 1. The van der Waals surface area contributed by atoms with E-state index in [1.165, 1.54) is 16.7 Å². The molecule has 1 unspecified atom stereocenters. The molecule has 1 atom stereocenters. The summed E-state index contributed by atoms with van der Waals surface area (Å²) in [5.41, 5.74) is 0.791. The molecule has 2 aliphatic rings. The molecule has 1 amide bonds. The number of carbonyl (C=O) groups excluding carboxylic acids is 1. The quantitative estimate of drug-likeness (QED) is 0.365. The van der Waals surface area contributed by atoms with Crippen molar-refractivity contribution in [3.05, 3.63) is 28.7 Å². The smallest absolute Gasteiger partial charge is 0.266 e. The Hall–Kier alpha value is -1.58. The van der Waals surface area contributed by atoms with Crippen molar-refractivity contribution >= 4 is 50.1 Å². The summed E-state index contributed by atoms with van der Waals surface area (Å²) in [6, 6.07) is 5.13. The lowest BCUT2D eigenvalue weighted by Crippen LogP contribution is -2.39. The zero-order chi connectivity index (χ0) is 20.3. The van der Waals surface area contributed by atoms with Crippen LogP contribution in [0.3, 0.4) is 0 Å². The van der Waals surface area contributed by atoms with Crippen molar-refractivity contribution in [1.82, 2.24) is 4.90 Å². The lowest BCUT2D eigenvalue weighted by Gasteiger charge is -2.20. The Morgan fingerprint density at radius 2 is 2.14 bits per heavy atom. The van der Waals surface area contributed by atoms with Crippen molar-refractivity contribution in [3.63, 3.8) is 0 Å². The fourth-order valence-corrected chi connectivity index (χ4v) is 6.24. The van der Waals surface area contributed by atoms with Crippen LogP contribution >= 0.6 is 24.0 Å². The van der Waals surface area contributed by atoms with E-state index < -0.39 is 9.84 Å². The lowest BCUT2D eigenvalue weighted by atomic mass is 10.1. The summed E-state index contributed by atoms with van der Waals surface area (Å²) in [5.74, 6) is 1.10. The van der Waals surface area contributed by atoms with Gasteiger partial charge in [0.1, 0.15) is 4.32 Å². The van der Waals surface area contributed by atoms with Gasteiger partial charge in [0.05, 0.1) is 36.2 Å². The average molecular weight is 442 g/mol. The second-order valence-electron chi connectivity index (χ2n) is 6.72. The molecule has 0 saturated carbocycles. The topological polar surface area (TPSA) is 72.9 Å². The van der Waals surface area contributed by atoms with E-state index in [-0.39, 0.29) is 23.5 Å². The van der Waals surface area contributed by atoms with Crippen LogP contribution in [0.5, 0.6) is 11.5 Å². The Balaban J connectivity index is 1.78. The van der Waals surface area contributed by atoms with Crippen LogP contribution in [0.15, 0.2) is 23.1 Å². The van der Waals surface area contributed by atoms with Gasteiger partial charge in [-0.1, -0.05) is 43.4 Å². The van der Waals surface area contributed by atoms with Gasteiger partial charge in [-0.3, -0.25) is 9.69 Å². The minimum Gasteiger partial charge on any atom is -0.493 e. The molecular weight excluding hydrogens is 418 g/mol. The highest BCUT2D eigenvalue weighted by Crippen LogP contribution is 2.37. The van der Waals surface area contributed by atoms with Gasteiger partial charge in [-0.2, -0.15) is 0 Å². The molecule has 0 aromatic heterocycles. The van der Waals surface area contributed by atoms with E-state index in [1.54, 1.807) is 13.2 Å². The van der Waals surface area contributed by atoms with Crippen LogP contribution in [0, 0.1) is 0 Å². The van der Waals surface area contributed by atoms with E-state index >= 15 is 0 Å². The van der Waals surface area contributed by atoms with Gasteiger partial charge in [0.15, 0.2) is 21.3 Å². The molecule has 152 valence electrons. The maximum Gasteiger partial charge on any atom is 0.266 e. The first-order valence-electron chi connectivity index (χ1n) is 9.13. The molecule has 2 aliphatic heterocycles. The van der Waals surface area contributed by atoms with Gasteiger partial charge in [0.25, 0.3) is 5.91 Å². The molecule has 2 fully saturated rings. The number of thioether (sulfide) groups is 1. The molecule has 28 heavy (non-hydrogen) atoms. The van der Waals surface area contributed by atoms with Crippen molar-refractivity contribution in [2.45, 2.75) is 32.2 Å². The number of thiocarbonyl (C=S) groups is 1. The fourth-order valence-electron chi connectivity index (χ4n) is 3.14. The van der Waals surface area contributed by atoms with Crippen LogP contribution in [0.1, 0.15) is 31.7 Å². The number of hydrogen-bond donors (Lipinski definition) is 0. The Labute approximate surface area is 175 Å². The van der Waals surface area contributed by atoms with Crippen LogP contribution in [-0.4, -0.2) is 54.8 Å². The number of sulfone groups is 1. The zero-order valence-electron chi connectivity index (χ0n) is 15.8. The summed E-state index contributed by atoms with van der Waals surface area (Å²) >= 11 is 6.54. The number of amides is 1. The number of methoxy groups -OCH3 is 1. The first kappa shape index (κ1) is 21.1. The first-order chi connectivity index (χ1) is 13.3. The number of rotatable bonds is 7. The predicted octanol–water partition coefficient (Wildman–Crippen LogP) is 3.26. The number of unbranched alkanes of at least 4 members (excludes halogenated alkanes) is 1. The fraction of sp³-hybridized carbons (Fsp3) is 0.474. The minimum absolute atomic E-state index is 0.0235. The van der Waals surface area contributed by atoms with Crippen LogP contribution < -0.4 is 9.47 Å². The lowest BCUT2D eigenvalue weighted by molar-refractivity contribution is -0.123. The first-order valence-corrected chi connectivity index (χ1v) is 12.2. The van der Waals surface area contributed by atoms with Crippen LogP contribution in [-0.2, 0) is 14.6 Å². The van der Waals surface area contributed by atoms with Gasteiger partial charge in [0, 0.05) is 0 Å². The molecule has 0 bridgehead atoms. The van der Waals surface area contributed by atoms with E-state index in [4.69, 9.17) is 21.7 Å². The third kappa shape index (κ3) is 4.69. The normalized spacial score (nSPS) is 22.9. The van der Waals surface area contributed by atoms with Crippen LogP contribution in [0.4, 0.5) is 0 Å². The minimum atomic E-state index is -3.09. The SMILES string of the molecule is CCCCOc1ccc(/C=C2\SC(=S)N(C3CCS(=O)(=O)C3)C2=O)cc1OC. The van der Waals surface area contributed by atoms with Crippen molar-refractivity contribution in [3.8, 4) is 11.5 Å². The summed E-state index contributed by atoms with van der Waals surface area (Å²) in [4.78, 5) is 14.7. The van der Waals surface area contributed by atoms with Gasteiger partial charge >= 0.3 is 0 Å². The Kier molecular flexibility index (Phi) is 6.67. The second kappa shape index (κ2) is 8.84. The Morgan fingerprint density at radius 3 is 2.79 bits per heavy atom. The molecule has 2 heterocycles.